The molecule has 0 amide bonds. The van der Waals surface area contributed by atoms with Gasteiger partial charge >= 0.3 is 6.18 Å². The van der Waals surface area contributed by atoms with Crippen LogP contribution in [0.4, 0.5) is 33.7 Å². The van der Waals surface area contributed by atoms with E-state index in [-0.39, 0.29) is 50.0 Å². The monoisotopic (exact) mass is 422 g/mol. The maximum atomic E-state index is 14.8. The van der Waals surface area contributed by atoms with Gasteiger partial charge in [-0.3, -0.25) is 9.36 Å². The quantitative estimate of drug-likeness (QED) is 0.698. The Kier molecular flexibility index (Phi) is 5.20. The lowest BCUT2D eigenvalue weighted by molar-refractivity contribution is -0.153. The van der Waals surface area contributed by atoms with Crippen LogP contribution in [0.5, 0.6) is 0 Å². The van der Waals surface area contributed by atoms with Gasteiger partial charge in [-0.15, -0.1) is 0 Å². The predicted octanol–water partition coefficient (Wildman–Crippen LogP) is 2.50. The molecule has 4 rings (SSSR count). The molecule has 0 radical (unpaired) electrons. The average molecular weight is 422 g/mol. The van der Waals surface area contributed by atoms with Gasteiger partial charge in [-0.05, 0) is 32.1 Å². The van der Waals surface area contributed by atoms with E-state index in [0.717, 1.165) is 9.47 Å². The first-order chi connectivity index (χ1) is 13.7. The summed E-state index contributed by atoms with van der Waals surface area (Å²) in [6.07, 6.45) is -5.27. The van der Waals surface area contributed by atoms with Gasteiger partial charge < -0.3 is 14.5 Å². The molecule has 11 heteroatoms. The highest BCUT2D eigenvalue weighted by molar-refractivity contribution is 5.49. The molecule has 3 aliphatic rings. The first-order valence-corrected chi connectivity index (χ1v) is 9.80. The number of fused-ring (bicyclic) bond motifs is 1. The molecule has 3 unspecified atom stereocenters. The molecule has 162 valence electrons. The van der Waals surface area contributed by atoms with Gasteiger partial charge in [-0.2, -0.15) is 22.5 Å². The zero-order valence-electron chi connectivity index (χ0n) is 16.0. The maximum absolute atomic E-state index is 14.8. The largest absolute Gasteiger partial charge is 0.408 e. The highest BCUT2D eigenvalue weighted by atomic mass is 19.4. The molecular formula is C18H23F5N4O2. The first kappa shape index (κ1) is 20.4. The summed E-state index contributed by atoms with van der Waals surface area (Å²) >= 11 is 0. The van der Waals surface area contributed by atoms with E-state index in [1.807, 2.05) is 0 Å². The van der Waals surface area contributed by atoms with Crippen molar-refractivity contribution in [1.82, 2.24) is 9.55 Å². The Labute approximate surface area is 164 Å². The summed E-state index contributed by atoms with van der Waals surface area (Å²) in [6, 6.07) is -2.27. The molecule has 1 saturated carbocycles. The minimum Gasteiger partial charge on any atom is -0.377 e. The molecule has 6 nitrogen and oxygen atoms in total. The van der Waals surface area contributed by atoms with Crippen LogP contribution >= 0.6 is 0 Å². The van der Waals surface area contributed by atoms with Crippen LogP contribution in [0.25, 0.3) is 0 Å². The number of morpholine rings is 1. The van der Waals surface area contributed by atoms with Crippen LogP contribution in [-0.4, -0.2) is 60.3 Å². The van der Waals surface area contributed by atoms with Crippen LogP contribution in [-0.2, 0) is 11.3 Å². The molecule has 2 fully saturated rings. The van der Waals surface area contributed by atoms with E-state index in [0.29, 0.717) is 12.8 Å². The van der Waals surface area contributed by atoms with Gasteiger partial charge in [0.05, 0.1) is 25.8 Å². The molecule has 3 heterocycles. The fourth-order valence-electron chi connectivity index (χ4n) is 4.05. The summed E-state index contributed by atoms with van der Waals surface area (Å²) in [6.45, 7) is 1.72. The lowest BCUT2D eigenvalue weighted by atomic mass is 10.1. The third-order valence-electron chi connectivity index (χ3n) is 5.86. The van der Waals surface area contributed by atoms with Crippen molar-refractivity contribution in [2.24, 2.45) is 5.92 Å². The Morgan fingerprint density at radius 1 is 1.24 bits per heavy atom. The Morgan fingerprint density at radius 3 is 2.59 bits per heavy atom. The minimum atomic E-state index is -4.62. The smallest absolute Gasteiger partial charge is 0.377 e. The second kappa shape index (κ2) is 7.41. The van der Waals surface area contributed by atoms with Gasteiger partial charge in [0.2, 0.25) is 11.8 Å². The fraction of sp³-hybridized carbons (Fsp3) is 0.778. The molecule has 2 aliphatic heterocycles. The van der Waals surface area contributed by atoms with Gasteiger partial charge in [-0.1, -0.05) is 0 Å². The minimum absolute atomic E-state index is 0.254. The molecule has 1 aliphatic carbocycles. The number of hydrogen-bond acceptors (Lipinski definition) is 5. The van der Waals surface area contributed by atoms with E-state index in [1.165, 1.54) is 4.90 Å². The van der Waals surface area contributed by atoms with Crippen LogP contribution in [0.15, 0.2) is 4.79 Å². The van der Waals surface area contributed by atoms with Crippen molar-refractivity contribution in [1.29, 1.82) is 0 Å². The maximum Gasteiger partial charge on any atom is 0.408 e. The van der Waals surface area contributed by atoms with Crippen molar-refractivity contribution < 1.29 is 26.7 Å². The van der Waals surface area contributed by atoms with E-state index in [4.69, 9.17) is 4.74 Å². The number of anilines is 2. The first-order valence-electron chi connectivity index (χ1n) is 9.80. The molecule has 0 bridgehead atoms. The second-order valence-electron chi connectivity index (χ2n) is 7.98. The van der Waals surface area contributed by atoms with E-state index in [2.05, 4.69) is 4.98 Å². The van der Waals surface area contributed by atoms with E-state index >= 15 is 0 Å². The van der Waals surface area contributed by atoms with Gasteiger partial charge in [-0.25, -0.2) is 4.39 Å². The number of halogens is 5. The second-order valence-corrected chi connectivity index (χ2v) is 7.98. The molecular weight excluding hydrogens is 399 g/mol. The van der Waals surface area contributed by atoms with E-state index in [9.17, 15) is 26.7 Å². The SMILES string of the molecule is CC1COCCN1c1nc2n(c(=O)c1F)CCC(C(F)(F)F)N2CC(F)C1CC1. The molecule has 0 aromatic carbocycles. The highest BCUT2D eigenvalue weighted by Gasteiger charge is 2.49. The topological polar surface area (TPSA) is 50.6 Å². The molecule has 29 heavy (non-hydrogen) atoms. The molecule has 3 atom stereocenters. The Bertz CT molecular complexity index is 826. The van der Waals surface area contributed by atoms with E-state index < -0.39 is 42.7 Å². The van der Waals surface area contributed by atoms with Crippen molar-refractivity contribution in [2.75, 3.05) is 36.1 Å². The lowest BCUT2D eigenvalue weighted by Gasteiger charge is -2.41. The zero-order chi connectivity index (χ0) is 20.9. The van der Waals surface area contributed by atoms with Crippen molar-refractivity contribution in [2.45, 2.75) is 57.2 Å². The van der Waals surface area contributed by atoms with Gasteiger partial charge in [0.15, 0.2) is 5.82 Å². The number of ether oxygens (including phenoxy) is 1. The lowest BCUT2D eigenvalue weighted by Crippen LogP contribution is -2.55. The van der Waals surface area contributed by atoms with Crippen LogP contribution in [0.3, 0.4) is 0 Å². The molecule has 0 N–H and O–H groups in total. The number of aromatic nitrogens is 2. The number of hydrogen-bond donors (Lipinski definition) is 0. The Morgan fingerprint density at radius 2 is 1.97 bits per heavy atom. The van der Waals surface area contributed by atoms with Crippen molar-refractivity contribution in [3.8, 4) is 0 Å². The predicted molar refractivity (Wildman–Crippen MR) is 95.5 cm³/mol. The third-order valence-corrected chi connectivity index (χ3v) is 5.86. The molecule has 0 spiro atoms. The van der Waals surface area contributed by atoms with Crippen LogP contribution in [0.2, 0.25) is 0 Å². The summed E-state index contributed by atoms with van der Waals surface area (Å²) in [7, 11) is 0. The summed E-state index contributed by atoms with van der Waals surface area (Å²) < 4.78 is 76.5. The summed E-state index contributed by atoms with van der Waals surface area (Å²) in [4.78, 5) is 19.1. The molecule has 1 aromatic heterocycles. The number of nitrogens with zero attached hydrogens (tertiary/aromatic N) is 4. The van der Waals surface area contributed by atoms with Crippen LogP contribution in [0, 0.1) is 11.7 Å². The number of alkyl halides is 4. The Balaban J connectivity index is 1.78. The summed E-state index contributed by atoms with van der Waals surface area (Å²) in [5, 5.41) is 0. The standard InChI is InChI=1S/C18H23F5N4O2/c1-10-9-29-7-6-25(10)15-14(20)16(28)26-5-4-13(18(21,22)23)27(17(26)24-15)8-12(19)11-2-3-11/h10-13H,2-9H2,1H3. The van der Waals surface area contributed by atoms with Gasteiger partial charge in [0.1, 0.15) is 12.2 Å². The van der Waals surface area contributed by atoms with Crippen LogP contribution < -0.4 is 15.4 Å². The zero-order valence-corrected chi connectivity index (χ0v) is 16.0. The van der Waals surface area contributed by atoms with Gasteiger partial charge in [0, 0.05) is 13.1 Å². The number of rotatable bonds is 4. The normalized spacial score (nSPS) is 26.4. The third kappa shape index (κ3) is 3.80. The fourth-order valence-corrected chi connectivity index (χ4v) is 4.05. The summed E-state index contributed by atoms with van der Waals surface area (Å²) in [5.74, 6) is -1.99. The van der Waals surface area contributed by atoms with E-state index in [1.54, 1.807) is 6.92 Å². The Hall–Kier alpha value is -1.91. The van der Waals surface area contributed by atoms with Crippen molar-refractivity contribution in [3.05, 3.63) is 16.2 Å². The highest BCUT2D eigenvalue weighted by Crippen LogP contribution is 2.39. The molecule has 1 aromatic rings. The van der Waals surface area contributed by atoms with Crippen LogP contribution in [0.1, 0.15) is 26.2 Å². The molecule has 1 saturated heterocycles. The summed E-state index contributed by atoms with van der Waals surface area (Å²) in [5.41, 5.74) is -1.03. The van der Waals surface area contributed by atoms with Gasteiger partial charge in [0.25, 0.3) is 5.56 Å². The van der Waals surface area contributed by atoms with Crippen molar-refractivity contribution in [3.63, 3.8) is 0 Å². The average Bonchev–Trinajstić information content (AvgIpc) is 3.50. The van der Waals surface area contributed by atoms with Crippen molar-refractivity contribution >= 4 is 11.8 Å².